The Bertz CT molecular complexity index is 2450. The molecule has 3 N–H and O–H groups in total. The van der Waals surface area contributed by atoms with Crippen LogP contribution in [0.15, 0.2) is 131 Å². The van der Waals surface area contributed by atoms with Crippen molar-refractivity contribution in [1.29, 1.82) is 0 Å². The molecule has 4 aromatic heterocycles. The molecule has 5 heterocycles. The van der Waals surface area contributed by atoms with E-state index in [9.17, 15) is 9.59 Å². The van der Waals surface area contributed by atoms with E-state index in [1.165, 1.54) is 0 Å². The van der Waals surface area contributed by atoms with Gasteiger partial charge in [0.25, 0.3) is 23.8 Å². The zero-order chi connectivity index (χ0) is 40.3. The number of ether oxygens (including phenoxy) is 2. The molecule has 2 amide bonds. The van der Waals surface area contributed by atoms with Gasteiger partial charge in [-0.05, 0) is 91.2 Å². The summed E-state index contributed by atoms with van der Waals surface area (Å²) >= 11 is 0. The first-order valence-electron chi connectivity index (χ1n) is 18.6. The molecule has 1 fully saturated rings. The molecule has 3 aromatic carbocycles. The van der Waals surface area contributed by atoms with Crippen LogP contribution < -0.4 is 20.7 Å². The maximum atomic E-state index is 12.7. The molecule has 1 saturated heterocycles. The number of nitrogens with zero attached hydrogens (tertiary/aromatic N) is 5. The lowest BCUT2D eigenvalue weighted by molar-refractivity contribution is 0.0303. The highest BCUT2D eigenvalue weighted by atomic mass is 16.5. The number of nitrogens with one attached hydrogen (secondary N) is 3. The van der Waals surface area contributed by atoms with Gasteiger partial charge in [-0.15, -0.1) is 0 Å². The number of oxazole rings is 2. The zero-order valence-electron chi connectivity index (χ0n) is 32.3. The maximum absolute atomic E-state index is 12.7. The second-order valence-corrected chi connectivity index (χ2v) is 13.3. The summed E-state index contributed by atoms with van der Waals surface area (Å²) in [6, 6.07) is 26.8. The Hall–Kier alpha value is -7.32. The SMILES string of the molecule is COc1ccc(CNC(=O)c2ccc(C)c(Nc3ncc(-c4ccncc4)o3)c2)cc1.Cc1ccc(C(=O)N2CCOCC2)cc1Nc1ncc(-c2ccncc2)o1. The van der Waals surface area contributed by atoms with E-state index in [0.717, 1.165) is 44.9 Å². The minimum atomic E-state index is -0.163. The molecule has 0 atom stereocenters. The van der Waals surface area contributed by atoms with Gasteiger partial charge in [0.1, 0.15) is 5.75 Å². The number of hydrogen-bond acceptors (Lipinski definition) is 12. The summed E-state index contributed by atoms with van der Waals surface area (Å²) in [6.45, 7) is 6.74. The minimum Gasteiger partial charge on any atom is -0.497 e. The quantitative estimate of drug-likeness (QED) is 0.116. The monoisotopic (exact) mass is 778 g/mol. The number of aromatic nitrogens is 4. The van der Waals surface area contributed by atoms with Crippen LogP contribution in [-0.2, 0) is 11.3 Å². The van der Waals surface area contributed by atoms with Crippen molar-refractivity contribution in [3.05, 3.63) is 150 Å². The molecular formula is C44H42N8O6. The molecule has 1 aliphatic rings. The second-order valence-electron chi connectivity index (χ2n) is 13.3. The Labute approximate surface area is 335 Å². The fourth-order valence-electron chi connectivity index (χ4n) is 5.96. The number of carbonyl (C=O) groups excluding carboxylic acids is 2. The van der Waals surface area contributed by atoms with Gasteiger partial charge in [-0.3, -0.25) is 19.6 Å². The van der Waals surface area contributed by atoms with Crippen molar-refractivity contribution in [2.45, 2.75) is 20.4 Å². The summed E-state index contributed by atoms with van der Waals surface area (Å²) in [5.74, 6) is 1.91. The van der Waals surface area contributed by atoms with Crippen LogP contribution in [0.5, 0.6) is 5.75 Å². The Balaban J connectivity index is 0.000000178. The van der Waals surface area contributed by atoms with Gasteiger partial charge in [-0.2, -0.15) is 0 Å². The van der Waals surface area contributed by atoms with Crippen LogP contribution in [0.3, 0.4) is 0 Å². The minimum absolute atomic E-state index is 0.00577. The van der Waals surface area contributed by atoms with Crippen LogP contribution in [-0.4, -0.2) is 70.1 Å². The van der Waals surface area contributed by atoms with Crippen LogP contribution in [0, 0.1) is 13.8 Å². The maximum Gasteiger partial charge on any atom is 0.299 e. The van der Waals surface area contributed by atoms with Crippen molar-refractivity contribution in [3.8, 4) is 28.4 Å². The molecule has 8 rings (SSSR count). The predicted molar refractivity (Wildman–Crippen MR) is 219 cm³/mol. The highest BCUT2D eigenvalue weighted by Crippen LogP contribution is 2.28. The van der Waals surface area contributed by atoms with Crippen LogP contribution in [0.1, 0.15) is 37.4 Å². The average molecular weight is 779 g/mol. The molecule has 0 saturated carbocycles. The van der Waals surface area contributed by atoms with Crippen molar-refractivity contribution in [2.24, 2.45) is 0 Å². The van der Waals surface area contributed by atoms with Gasteiger partial charge in [0.15, 0.2) is 11.5 Å². The van der Waals surface area contributed by atoms with Crippen LogP contribution in [0.2, 0.25) is 0 Å². The van der Waals surface area contributed by atoms with Gasteiger partial charge < -0.3 is 39.2 Å². The molecule has 0 spiro atoms. The zero-order valence-corrected chi connectivity index (χ0v) is 32.3. The molecule has 14 nitrogen and oxygen atoms in total. The van der Waals surface area contributed by atoms with Crippen LogP contribution >= 0.6 is 0 Å². The number of hydrogen-bond donors (Lipinski definition) is 3. The highest BCUT2D eigenvalue weighted by Gasteiger charge is 2.20. The first-order chi connectivity index (χ1) is 28.3. The Morgan fingerprint density at radius 2 is 1.21 bits per heavy atom. The summed E-state index contributed by atoms with van der Waals surface area (Å²) in [5.41, 5.74) is 7.46. The third-order valence-electron chi connectivity index (χ3n) is 9.32. The van der Waals surface area contributed by atoms with E-state index in [0.29, 0.717) is 67.5 Å². The number of aryl methyl sites for hydroxylation is 2. The number of anilines is 4. The molecule has 0 radical (unpaired) electrons. The van der Waals surface area contributed by atoms with Gasteiger partial charge in [0, 0.05) is 78.1 Å². The smallest absolute Gasteiger partial charge is 0.299 e. The summed E-state index contributed by atoms with van der Waals surface area (Å²) in [6.07, 6.45) is 10.1. The van der Waals surface area contributed by atoms with Crippen molar-refractivity contribution < 1.29 is 27.9 Å². The predicted octanol–water partition coefficient (Wildman–Crippen LogP) is 7.99. The number of morpholine rings is 1. The fraction of sp³-hybridized carbons (Fsp3) is 0.182. The lowest BCUT2D eigenvalue weighted by Crippen LogP contribution is -2.40. The normalized spacial score (nSPS) is 12.2. The lowest BCUT2D eigenvalue weighted by atomic mass is 10.1. The Kier molecular flexibility index (Phi) is 12.4. The first kappa shape index (κ1) is 38.9. The molecule has 1 aliphatic heterocycles. The summed E-state index contributed by atoms with van der Waals surface area (Å²) in [4.78, 5) is 43.7. The molecule has 294 valence electrons. The van der Waals surface area contributed by atoms with Crippen molar-refractivity contribution >= 4 is 35.2 Å². The van der Waals surface area contributed by atoms with E-state index in [2.05, 4.69) is 35.9 Å². The van der Waals surface area contributed by atoms with E-state index in [1.54, 1.807) is 56.4 Å². The van der Waals surface area contributed by atoms with E-state index in [1.807, 2.05) is 91.5 Å². The van der Waals surface area contributed by atoms with Gasteiger partial charge >= 0.3 is 0 Å². The molecular weight excluding hydrogens is 737 g/mol. The largest absolute Gasteiger partial charge is 0.497 e. The number of methoxy groups -OCH3 is 1. The van der Waals surface area contributed by atoms with E-state index < -0.39 is 0 Å². The number of pyridine rings is 2. The van der Waals surface area contributed by atoms with E-state index >= 15 is 0 Å². The third-order valence-corrected chi connectivity index (χ3v) is 9.32. The number of rotatable bonds is 11. The molecule has 0 bridgehead atoms. The van der Waals surface area contributed by atoms with Gasteiger partial charge in [0.05, 0.1) is 32.7 Å². The lowest BCUT2D eigenvalue weighted by Gasteiger charge is -2.27. The van der Waals surface area contributed by atoms with Crippen molar-refractivity contribution in [3.63, 3.8) is 0 Å². The molecule has 14 heteroatoms. The third kappa shape index (κ3) is 9.91. The Morgan fingerprint density at radius 3 is 1.74 bits per heavy atom. The number of benzene rings is 3. The molecule has 7 aromatic rings. The summed E-state index contributed by atoms with van der Waals surface area (Å²) in [7, 11) is 1.62. The van der Waals surface area contributed by atoms with Crippen molar-refractivity contribution in [1.82, 2.24) is 30.2 Å². The molecule has 0 aliphatic carbocycles. The summed E-state index contributed by atoms with van der Waals surface area (Å²) in [5, 5.41) is 9.26. The van der Waals surface area contributed by atoms with Crippen LogP contribution in [0.25, 0.3) is 22.6 Å². The van der Waals surface area contributed by atoms with Crippen LogP contribution in [0.4, 0.5) is 23.4 Å². The average Bonchev–Trinajstić information content (AvgIpc) is 3.96. The fourth-order valence-corrected chi connectivity index (χ4v) is 5.96. The van der Waals surface area contributed by atoms with Crippen molar-refractivity contribution in [2.75, 3.05) is 44.0 Å². The topological polar surface area (TPSA) is 170 Å². The van der Waals surface area contributed by atoms with Gasteiger partial charge in [-0.25, -0.2) is 9.97 Å². The summed E-state index contributed by atoms with van der Waals surface area (Å²) < 4.78 is 22.0. The van der Waals surface area contributed by atoms with E-state index in [4.69, 9.17) is 18.3 Å². The van der Waals surface area contributed by atoms with Gasteiger partial charge in [0.2, 0.25) is 0 Å². The number of amides is 2. The Morgan fingerprint density at radius 1 is 0.690 bits per heavy atom. The van der Waals surface area contributed by atoms with Gasteiger partial charge in [-0.1, -0.05) is 24.3 Å². The number of carbonyl (C=O) groups is 2. The first-order valence-corrected chi connectivity index (χ1v) is 18.6. The second kappa shape index (κ2) is 18.5. The highest BCUT2D eigenvalue weighted by molar-refractivity contribution is 5.96. The van der Waals surface area contributed by atoms with E-state index in [-0.39, 0.29) is 11.8 Å². The standard InChI is InChI=1S/C24H22N4O3.C20H20N4O3/c1-16-3-6-19(23(29)26-14-17-4-7-20(30-2)8-5-17)13-21(16)28-24-27-15-22(31-24)18-9-11-25-12-10-18;1-14-2-3-16(19(25)24-8-10-26-11-9-24)12-17(14)23-20-22-13-18(27-20)15-4-6-21-7-5-15/h3-13,15H,14H2,1-2H3,(H,26,29)(H,27,28);2-7,12-13H,8-11H2,1H3,(H,22,23). The molecule has 58 heavy (non-hydrogen) atoms. The molecule has 0 unspecified atom stereocenters.